The fourth-order valence-corrected chi connectivity index (χ4v) is 2.21. The summed E-state index contributed by atoms with van der Waals surface area (Å²) in [5, 5.41) is 9.08. The number of halogens is 4. The lowest BCUT2D eigenvalue weighted by Crippen LogP contribution is -2.14. The zero-order valence-electron chi connectivity index (χ0n) is 10.4. The van der Waals surface area contributed by atoms with Gasteiger partial charge in [-0.2, -0.15) is 5.26 Å². The number of Topliss-reactive ketones (excluding diaryl/α,β-unsaturated/α-hetero) is 1. The van der Waals surface area contributed by atoms with Gasteiger partial charge in [0.1, 0.15) is 17.6 Å². The molecule has 0 radical (unpaired) electrons. The van der Waals surface area contributed by atoms with Crippen LogP contribution in [0.3, 0.4) is 0 Å². The second-order valence-electron chi connectivity index (χ2n) is 4.19. The van der Waals surface area contributed by atoms with Crippen LogP contribution in [0.5, 0.6) is 0 Å². The summed E-state index contributed by atoms with van der Waals surface area (Å²) in [6.07, 6.45) is 0. The summed E-state index contributed by atoms with van der Waals surface area (Å²) in [6, 6.07) is 9.02. The molecule has 0 saturated heterocycles. The molecule has 1 unspecified atom stereocenters. The van der Waals surface area contributed by atoms with Crippen molar-refractivity contribution in [2.24, 2.45) is 0 Å². The molecule has 21 heavy (non-hydrogen) atoms. The number of ketones is 1. The van der Waals surface area contributed by atoms with E-state index in [1.165, 1.54) is 24.3 Å². The molecule has 2 aromatic carbocycles. The molecule has 0 N–H and O–H groups in total. The molecule has 0 aliphatic heterocycles. The second-order valence-corrected chi connectivity index (χ2v) is 5.04. The molecule has 0 fully saturated rings. The maximum atomic E-state index is 13.9. The highest BCUT2D eigenvalue weighted by Gasteiger charge is 2.27. The van der Waals surface area contributed by atoms with E-state index < -0.39 is 23.3 Å². The van der Waals surface area contributed by atoms with E-state index in [9.17, 15) is 13.6 Å². The van der Waals surface area contributed by atoms with E-state index in [0.29, 0.717) is 0 Å². The molecule has 2 nitrogen and oxygen atoms in total. The maximum Gasteiger partial charge on any atom is 0.187 e. The van der Waals surface area contributed by atoms with Crippen LogP contribution in [0.2, 0.25) is 10.0 Å². The Balaban J connectivity index is 2.52. The second kappa shape index (κ2) is 6.21. The molecular weight excluding hydrogens is 319 g/mol. The number of nitriles is 1. The molecular formula is C15H7Cl2F2NO. The van der Waals surface area contributed by atoms with E-state index in [1.54, 1.807) is 6.07 Å². The Hall–Kier alpha value is -1.96. The number of hydrogen-bond acceptors (Lipinski definition) is 2. The SMILES string of the molecule is N#CC(C(=O)c1cc(Cl)ccc1F)c1cccc(Cl)c1F. The predicted molar refractivity (Wildman–Crippen MR) is 75.5 cm³/mol. The zero-order valence-corrected chi connectivity index (χ0v) is 11.9. The summed E-state index contributed by atoms with van der Waals surface area (Å²) in [7, 11) is 0. The molecule has 0 amide bonds. The zero-order chi connectivity index (χ0) is 15.6. The lowest BCUT2D eigenvalue weighted by molar-refractivity contribution is 0.0973. The van der Waals surface area contributed by atoms with E-state index in [0.717, 1.165) is 12.1 Å². The molecule has 1 atom stereocenters. The van der Waals surface area contributed by atoms with Gasteiger partial charge in [-0.3, -0.25) is 4.79 Å². The van der Waals surface area contributed by atoms with Crippen molar-refractivity contribution in [2.75, 3.05) is 0 Å². The number of benzene rings is 2. The van der Waals surface area contributed by atoms with Crippen molar-refractivity contribution < 1.29 is 13.6 Å². The highest BCUT2D eigenvalue weighted by atomic mass is 35.5. The minimum Gasteiger partial charge on any atom is -0.292 e. The van der Waals surface area contributed by atoms with Gasteiger partial charge >= 0.3 is 0 Å². The lowest BCUT2D eigenvalue weighted by Gasteiger charge is -2.11. The number of nitrogens with zero attached hydrogens (tertiary/aromatic N) is 1. The van der Waals surface area contributed by atoms with Gasteiger partial charge in [0, 0.05) is 10.6 Å². The molecule has 0 bridgehead atoms. The average Bonchev–Trinajstić information content (AvgIpc) is 2.46. The van der Waals surface area contributed by atoms with Crippen LogP contribution in [-0.4, -0.2) is 5.78 Å². The summed E-state index contributed by atoms with van der Waals surface area (Å²) in [5.74, 6) is -4.08. The highest BCUT2D eigenvalue weighted by molar-refractivity contribution is 6.31. The van der Waals surface area contributed by atoms with Crippen molar-refractivity contribution in [2.45, 2.75) is 5.92 Å². The standard InChI is InChI=1S/C15H7Cl2F2NO/c16-8-4-5-13(18)10(6-8)15(21)11(7-20)9-2-1-3-12(17)14(9)19/h1-6,11H. The number of carbonyl (C=O) groups is 1. The van der Waals surface area contributed by atoms with Gasteiger partial charge in [0.25, 0.3) is 0 Å². The Labute approximate surface area is 129 Å². The molecule has 0 aromatic heterocycles. The minimum atomic E-state index is -1.50. The molecule has 0 saturated carbocycles. The number of hydrogen-bond donors (Lipinski definition) is 0. The third-order valence-electron chi connectivity index (χ3n) is 2.88. The summed E-state index contributed by atoms with van der Waals surface area (Å²) in [5.41, 5.74) is -0.567. The van der Waals surface area contributed by atoms with Crippen molar-refractivity contribution in [3.8, 4) is 6.07 Å². The predicted octanol–water partition coefficient (Wildman–Crippen LogP) is 4.76. The molecule has 0 aliphatic rings. The molecule has 0 spiro atoms. The summed E-state index contributed by atoms with van der Waals surface area (Å²) < 4.78 is 27.6. The molecule has 0 heterocycles. The Morgan fingerprint density at radius 1 is 1.19 bits per heavy atom. The first-order valence-corrected chi connectivity index (χ1v) is 6.54. The van der Waals surface area contributed by atoms with Crippen LogP contribution in [0.25, 0.3) is 0 Å². The normalized spacial score (nSPS) is 11.8. The molecule has 2 aromatic rings. The minimum absolute atomic E-state index is 0.142. The van der Waals surface area contributed by atoms with Crippen LogP contribution in [0.4, 0.5) is 8.78 Å². The van der Waals surface area contributed by atoms with Crippen LogP contribution >= 0.6 is 23.2 Å². The average molecular weight is 326 g/mol. The van der Waals surface area contributed by atoms with Crippen LogP contribution in [0.1, 0.15) is 21.8 Å². The van der Waals surface area contributed by atoms with Crippen LogP contribution in [-0.2, 0) is 0 Å². The number of rotatable bonds is 3. The van der Waals surface area contributed by atoms with Crippen LogP contribution in [0, 0.1) is 23.0 Å². The highest BCUT2D eigenvalue weighted by Crippen LogP contribution is 2.28. The maximum absolute atomic E-state index is 13.9. The largest absolute Gasteiger partial charge is 0.292 e. The van der Waals surface area contributed by atoms with Gasteiger partial charge in [0.05, 0.1) is 16.7 Å². The summed E-state index contributed by atoms with van der Waals surface area (Å²) in [4.78, 5) is 12.3. The lowest BCUT2D eigenvalue weighted by atomic mass is 9.91. The van der Waals surface area contributed by atoms with E-state index >= 15 is 0 Å². The van der Waals surface area contributed by atoms with E-state index in [-0.39, 0.29) is 21.2 Å². The quantitative estimate of drug-likeness (QED) is 0.763. The van der Waals surface area contributed by atoms with Crippen LogP contribution in [0.15, 0.2) is 36.4 Å². The third kappa shape index (κ3) is 3.05. The topological polar surface area (TPSA) is 40.9 Å². The van der Waals surface area contributed by atoms with E-state index in [4.69, 9.17) is 28.5 Å². The first kappa shape index (κ1) is 15.4. The van der Waals surface area contributed by atoms with Crippen molar-refractivity contribution in [3.63, 3.8) is 0 Å². The van der Waals surface area contributed by atoms with Crippen LogP contribution < -0.4 is 0 Å². The molecule has 6 heteroatoms. The van der Waals surface area contributed by atoms with Gasteiger partial charge in [-0.1, -0.05) is 35.3 Å². The van der Waals surface area contributed by atoms with Crippen molar-refractivity contribution in [3.05, 3.63) is 69.2 Å². The van der Waals surface area contributed by atoms with E-state index in [1.807, 2.05) is 0 Å². The van der Waals surface area contributed by atoms with Gasteiger partial charge < -0.3 is 0 Å². The van der Waals surface area contributed by atoms with Gasteiger partial charge in [0.15, 0.2) is 5.78 Å². The molecule has 0 aliphatic carbocycles. The van der Waals surface area contributed by atoms with E-state index in [2.05, 4.69) is 0 Å². The van der Waals surface area contributed by atoms with Gasteiger partial charge in [-0.05, 0) is 24.3 Å². The Bertz CT molecular complexity index is 756. The third-order valence-corrected chi connectivity index (χ3v) is 3.40. The first-order chi connectivity index (χ1) is 9.95. The fraction of sp³-hybridized carbons (Fsp3) is 0.0667. The van der Waals surface area contributed by atoms with Crippen molar-refractivity contribution in [1.82, 2.24) is 0 Å². The van der Waals surface area contributed by atoms with Gasteiger partial charge in [0.2, 0.25) is 0 Å². The van der Waals surface area contributed by atoms with Crippen molar-refractivity contribution in [1.29, 1.82) is 5.26 Å². The van der Waals surface area contributed by atoms with Gasteiger partial charge in [-0.15, -0.1) is 0 Å². The molecule has 106 valence electrons. The Kier molecular flexibility index (Phi) is 4.56. The monoisotopic (exact) mass is 325 g/mol. The Morgan fingerprint density at radius 2 is 1.90 bits per heavy atom. The number of carbonyl (C=O) groups excluding carboxylic acids is 1. The Morgan fingerprint density at radius 3 is 2.57 bits per heavy atom. The fourth-order valence-electron chi connectivity index (χ4n) is 1.85. The summed E-state index contributed by atoms with van der Waals surface area (Å²) >= 11 is 11.3. The first-order valence-electron chi connectivity index (χ1n) is 5.78. The molecule has 2 rings (SSSR count). The summed E-state index contributed by atoms with van der Waals surface area (Å²) in [6.45, 7) is 0. The van der Waals surface area contributed by atoms with Crippen molar-refractivity contribution >= 4 is 29.0 Å². The van der Waals surface area contributed by atoms with Gasteiger partial charge in [-0.25, -0.2) is 8.78 Å². The smallest absolute Gasteiger partial charge is 0.187 e.